The number of rotatable bonds is 8. The highest BCUT2D eigenvalue weighted by Crippen LogP contribution is 2.51. The van der Waals surface area contributed by atoms with Gasteiger partial charge in [-0.3, -0.25) is 4.79 Å². The number of amides is 1. The standard InChI is InChI=1S/C15H25N3O2S/c1-4-6-15(7-8-15)9-18-14-11(20-3)10(16)12(21-14)13(19)17-5-2/h18H,4-9,16H2,1-3H3,(H,17,19). The lowest BCUT2D eigenvalue weighted by molar-refractivity contribution is 0.0960. The van der Waals surface area contributed by atoms with Crippen LogP contribution in [-0.4, -0.2) is 26.1 Å². The Bertz CT molecular complexity index is 509. The number of hydrogen-bond acceptors (Lipinski definition) is 5. The molecule has 6 heteroatoms. The minimum Gasteiger partial charge on any atom is -0.492 e. The summed E-state index contributed by atoms with van der Waals surface area (Å²) in [5, 5.41) is 7.08. The Balaban J connectivity index is 2.12. The van der Waals surface area contributed by atoms with Crippen LogP contribution >= 0.6 is 11.3 Å². The number of carbonyl (C=O) groups excluding carboxylic acids is 1. The van der Waals surface area contributed by atoms with Crippen LogP contribution in [0.2, 0.25) is 0 Å². The van der Waals surface area contributed by atoms with Gasteiger partial charge in [0.2, 0.25) is 0 Å². The normalized spacial score (nSPS) is 15.6. The highest BCUT2D eigenvalue weighted by atomic mass is 32.1. The molecule has 1 aliphatic rings. The van der Waals surface area contributed by atoms with Crippen molar-refractivity contribution < 1.29 is 9.53 Å². The molecule has 1 saturated carbocycles. The molecule has 0 aromatic carbocycles. The van der Waals surface area contributed by atoms with Gasteiger partial charge in [0.25, 0.3) is 5.91 Å². The summed E-state index contributed by atoms with van der Waals surface area (Å²) in [4.78, 5) is 12.5. The van der Waals surface area contributed by atoms with Gasteiger partial charge in [0.05, 0.1) is 7.11 Å². The average Bonchev–Trinajstić information content (AvgIpc) is 3.14. The fourth-order valence-corrected chi connectivity index (χ4v) is 3.65. The fraction of sp³-hybridized carbons (Fsp3) is 0.667. The first-order valence-corrected chi connectivity index (χ1v) is 8.37. The molecule has 4 N–H and O–H groups in total. The van der Waals surface area contributed by atoms with E-state index in [1.807, 2.05) is 6.92 Å². The highest BCUT2D eigenvalue weighted by molar-refractivity contribution is 7.19. The molecule has 1 fully saturated rings. The summed E-state index contributed by atoms with van der Waals surface area (Å²) < 4.78 is 5.37. The van der Waals surface area contributed by atoms with Gasteiger partial charge >= 0.3 is 0 Å². The summed E-state index contributed by atoms with van der Waals surface area (Å²) in [5.74, 6) is 0.453. The summed E-state index contributed by atoms with van der Waals surface area (Å²) >= 11 is 1.37. The van der Waals surface area contributed by atoms with Crippen LogP contribution in [0.25, 0.3) is 0 Å². The third kappa shape index (κ3) is 3.43. The third-order valence-corrected chi connectivity index (χ3v) is 5.15. The second-order valence-corrected chi connectivity index (χ2v) is 6.69. The molecule has 0 aliphatic heterocycles. The van der Waals surface area contributed by atoms with Gasteiger partial charge in [-0.15, -0.1) is 11.3 Å². The zero-order valence-corrected chi connectivity index (χ0v) is 13.9. The second-order valence-electron chi connectivity index (χ2n) is 5.67. The molecule has 118 valence electrons. The van der Waals surface area contributed by atoms with Crippen molar-refractivity contribution in [1.29, 1.82) is 0 Å². The first kappa shape index (κ1) is 15.9. The molecule has 5 nitrogen and oxygen atoms in total. The molecule has 0 saturated heterocycles. The maximum Gasteiger partial charge on any atom is 0.263 e. The Kier molecular flexibility index (Phi) is 4.98. The van der Waals surface area contributed by atoms with Crippen molar-refractivity contribution in [3.63, 3.8) is 0 Å². The quantitative estimate of drug-likeness (QED) is 0.689. The molecule has 0 bridgehead atoms. The van der Waals surface area contributed by atoms with E-state index < -0.39 is 0 Å². The molecule has 1 heterocycles. The molecule has 0 atom stereocenters. The predicted molar refractivity (Wildman–Crippen MR) is 88.4 cm³/mol. The SMILES string of the molecule is CCCC1(CNc2sc(C(=O)NCC)c(N)c2OC)CC1. The van der Waals surface area contributed by atoms with Crippen molar-refractivity contribution in [2.45, 2.75) is 39.5 Å². The van der Waals surface area contributed by atoms with Crippen LogP contribution in [0.4, 0.5) is 10.7 Å². The molecular weight excluding hydrogens is 286 g/mol. The molecule has 0 unspecified atom stereocenters. The zero-order valence-electron chi connectivity index (χ0n) is 13.0. The number of methoxy groups -OCH3 is 1. The molecule has 1 aromatic rings. The maximum atomic E-state index is 12.0. The maximum absolute atomic E-state index is 12.0. The fourth-order valence-electron chi connectivity index (χ4n) is 2.65. The van der Waals surface area contributed by atoms with Crippen molar-refractivity contribution in [2.24, 2.45) is 5.41 Å². The molecule has 1 aliphatic carbocycles. The van der Waals surface area contributed by atoms with E-state index in [1.54, 1.807) is 7.11 Å². The van der Waals surface area contributed by atoms with Gasteiger partial charge in [-0.05, 0) is 31.6 Å². The number of nitrogen functional groups attached to an aromatic ring is 1. The van der Waals surface area contributed by atoms with E-state index in [4.69, 9.17) is 10.5 Å². The number of nitrogens with two attached hydrogens (primary N) is 1. The Morgan fingerprint density at radius 3 is 2.67 bits per heavy atom. The summed E-state index contributed by atoms with van der Waals surface area (Å²) in [6.07, 6.45) is 5.00. The van der Waals surface area contributed by atoms with E-state index >= 15 is 0 Å². The van der Waals surface area contributed by atoms with Crippen molar-refractivity contribution in [3.8, 4) is 5.75 Å². The lowest BCUT2D eigenvalue weighted by Gasteiger charge is -2.15. The number of carbonyl (C=O) groups is 1. The summed E-state index contributed by atoms with van der Waals surface area (Å²) in [7, 11) is 1.59. The molecular formula is C15H25N3O2S. The molecule has 2 rings (SSSR count). The molecule has 1 amide bonds. The molecule has 21 heavy (non-hydrogen) atoms. The Morgan fingerprint density at radius 1 is 1.43 bits per heavy atom. The van der Waals surface area contributed by atoms with E-state index in [1.165, 1.54) is 37.0 Å². The van der Waals surface area contributed by atoms with Crippen molar-refractivity contribution in [2.75, 3.05) is 31.2 Å². The van der Waals surface area contributed by atoms with E-state index in [9.17, 15) is 4.79 Å². The molecule has 0 radical (unpaired) electrons. The van der Waals surface area contributed by atoms with Crippen LogP contribution in [0.1, 0.15) is 49.2 Å². The van der Waals surface area contributed by atoms with Crippen molar-refractivity contribution in [3.05, 3.63) is 4.88 Å². The predicted octanol–water partition coefficient (Wildman–Crippen LogP) is 3.08. The smallest absolute Gasteiger partial charge is 0.263 e. The van der Waals surface area contributed by atoms with Gasteiger partial charge < -0.3 is 21.1 Å². The number of hydrogen-bond donors (Lipinski definition) is 3. The first-order chi connectivity index (χ1) is 10.1. The van der Waals surface area contributed by atoms with Crippen LogP contribution in [0.15, 0.2) is 0 Å². The summed E-state index contributed by atoms with van der Waals surface area (Å²) in [6.45, 7) is 5.61. The Labute approximate surface area is 130 Å². The summed E-state index contributed by atoms with van der Waals surface area (Å²) in [5.41, 5.74) is 6.91. The van der Waals surface area contributed by atoms with Gasteiger partial charge in [-0.1, -0.05) is 13.3 Å². The van der Waals surface area contributed by atoms with Crippen LogP contribution in [0.5, 0.6) is 5.75 Å². The average molecular weight is 311 g/mol. The number of thiophene rings is 1. The number of anilines is 2. The number of ether oxygens (including phenoxy) is 1. The summed E-state index contributed by atoms with van der Waals surface area (Å²) in [6, 6.07) is 0. The van der Waals surface area contributed by atoms with Gasteiger partial charge in [-0.2, -0.15) is 0 Å². The van der Waals surface area contributed by atoms with Crippen LogP contribution in [-0.2, 0) is 0 Å². The Morgan fingerprint density at radius 2 is 2.14 bits per heavy atom. The van der Waals surface area contributed by atoms with Gasteiger partial charge in [0, 0.05) is 13.1 Å². The van der Waals surface area contributed by atoms with Crippen molar-refractivity contribution in [1.82, 2.24) is 5.32 Å². The molecule has 0 spiro atoms. The van der Waals surface area contributed by atoms with Crippen LogP contribution < -0.4 is 21.1 Å². The molecule has 1 aromatic heterocycles. The van der Waals surface area contributed by atoms with Crippen LogP contribution in [0, 0.1) is 5.41 Å². The zero-order chi connectivity index (χ0) is 15.5. The highest BCUT2D eigenvalue weighted by Gasteiger charge is 2.41. The van der Waals surface area contributed by atoms with Gasteiger partial charge in [0.1, 0.15) is 15.6 Å². The van der Waals surface area contributed by atoms with Crippen LogP contribution in [0.3, 0.4) is 0 Å². The first-order valence-electron chi connectivity index (χ1n) is 7.55. The largest absolute Gasteiger partial charge is 0.492 e. The van der Waals surface area contributed by atoms with Crippen molar-refractivity contribution >= 4 is 27.9 Å². The van der Waals surface area contributed by atoms with Gasteiger partial charge in [0.15, 0.2) is 5.75 Å². The third-order valence-electron chi connectivity index (χ3n) is 4.01. The van der Waals surface area contributed by atoms with E-state index in [-0.39, 0.29) is 5.91 Å². The Hall–Kier alpha value is -1.43. The van der Waals surface area contributed by atoms with E-state index in [2.05, 4.69) is 17.6 Å². The topological polar surface area (TPSA) is 76.4 Å². The second kappa shape index (κ2) is 6.56. The monoisotopic (exact) mass is 311 g/mol. The lowest BCUT2D eigenvalue weighted by atomic mass is 10.0. The number of nitrogens with one attached hydrogen (secondary N) is 2. The van der Waals surface area contributed by atoms with E-state index in [0.717, 1.165) is 11.5 Å². The van der Waals surface area contributed by atoms with E-state index in [0.29, 0.717) is 28.3 Å². The minimum absolute atomic E-state index is 0.138. The van der Waals surface area contributed by atoms with Gasteiger partial charge in [-0.25, -0.2) is 0 Å². The lowest BCUT2D eigenvalue weighted by Crippen LogP contribution is -2.22. The minimum atomic E-state index is -0.138.